The Hall–Kier alpha value is -0.720. The van der Waals surface area contributed by atoms with E-state index in [1.807, 2.05) is 17.5 Å². The third-order valence-electron chi connectivity index (χ3n) is 2.10. The van der Waals surface area contributed by atoms with Crippen molar-refractivity contribution in [3.63, 3.8) is 0 Å². The molecule has 17 heavy (non-hydrogen) atoms. The molecular weight excluding hydrogens is 322 g/mol. The Balaban J connectivity index is 2.16. The average Bonchev–Trinajstić information content (AvgIpc) is 2.85. The second-order valence-corrected chi connectivity index (χ2v) is 6.71. The van der Waals surface area contributed by atoms with Crippen LogP contribution in [0.25, 0.3) is 0 Å². The number of hydrogen-bond donors (Lipinski definition) is 0. The summed E-state index contributed by atoms with van der Waals surface area (Å²) in [5, 5.41) is 1.92. The van der Waals surface area contributed by atoms with E-state index in [4.69, 9.17) is 4.74 Å². The Kier molecular flexibility index (Phi) is 4.31. The lowest BCUT2D eigenvalue weighted by Crippen LogP contribution is -1.98. The van der Waals surface area contributed by atoms with E-state index in [0.717, 1.165) is 14.4 Å². The highest BCUT2D eigenvalue weighted by molar-refractivity contribution is 9.10. The van der Waals surface area contributed by atoms with Crippen LogP contribution in [0, 0.1) is 0 Å². The first-order valence-electron chi connectivity index (χ1n) is 4.81. The smallest absolute Gasteiger partial charge is 0.136 e. The molecule has 0 aliphatic carbocycles. The molecule has 2 rings (SSSR count). The maximum atomic E-state index is 12.0. The van der Waals surface area contributed by atoms with Crippen molar-refractivity contribution in [2.24, 2.45) is 0 Å². The number of aromatic nitrogens is 1. The number of ether oxygens (including phenoxy) is 1. The molecule has 0 bridgehead atoms. The Morgan fingerprint density at radius 1 is 1.59 bits per heavy atom. The normalized spacial score (nSPS) is 12.4. The second kappa shape index (κ2) is 5.75. The van der Waals surface area contributed by atoms with Crippen LogP contribution in [0.5, 0.6) is 5.75 Å². The molecule has 0 aliphatic rings. The Bertz CT molecular complexity index is 528. The van der Waals surface area contributed by atoms with Crippen LogP contribution < -0.4 is 4.74 Å². The third-order valence-corrected chi connectivity index (χ3v) is 5.34. The van der Waals surface area contributed by atoms with Gasteiger partial charge in [-0.1, -0.05) is 6.07 Å². The molecule has 0 spiro atoms. The van der Waals surface area contributed by atoms with E-state index in [0.29, 0.717) is 11.5 Å². The molecule has 0 saturated carbocycles. The summed E-state index contributed by atoms with van der Waals surface area (Å²) in [6.45, 7) is 0. The highest BCUT2D eigenvalue weighted by Gasteiger charge is 2.09. The molecular formula is C11H10BrNO2S2. The molecule has 6 heteroatoms. The molecule has 3 nitrogen and oxygen atoms in total. The zero-order valence-electron chi connectivity index (χ0n) is 9.05. The van der Waals surface area contributed by atoms with Gasteiger partial charge >= 0.3 is 0 Å². The van der Waals surface area contributed by atoms with Crippen LogP contribution >= 0.6 is 27.3 Å². The van der Waals surface area contributed by atoms with Gasteiger partial charge < -0.3 is 4.74 Å². The summed E-state index contributed by atoms with van der Waals surface area (Å²) in [5.74, 6) is 1.11. The topological polar surface area (TPSA) is 39.2 Å². The van der Waals surface area contributed by atoms with Gasteiger partial charge in [0.15, 0.2) is 0 Å². The van der Waals surface area contributed by atoms with Gasteiger partial charge in [-0.25, -0.2) is 0 Å². The van der Waals surface area contributed by atoms with Crippen LogP contribution in [-0.4, -0.2) is 16.3 Å². The molecule has 1 unspecified atom stereocenters. The van der Waals surface area contributed by atoms with Gasteiger partial charge in [0.1, 0.15) is 5.75 Å². The molecule has 2 aromatic rings. The van der Waals surface area contributed by atoms with Crippen molar-refractivity contribution < 1.29 is 8.95 Å². The number of nitrogens with zero attached hydrogens (tertiary/aromatic N) is 1. The fourth-order valence-corrected chi connectivity index (χ4v) is 3.69. The summed E-state index contributed by atoms with van der Waals surface area (Å²) in [6.07, 6.45) is 1.67. The highest BCUT2D eigenvalue weighted by atomic mass is 79.9. The number of halogens is 1. The van der Waals surface area contributed by atoms with Gasteiger partial charge in [0.05, 0.1) is 38.0 Å². The lowest BCUT2D eigenvalue weighted by atomic mass is 10.3. The van der Waals surface area contributed by atoms with Crippen LogP contribution in [0.3, 0.4) is 0 Å². The molecule has 0 N–H and O–H groups in total. The Morgan fingerprint density at radius 2 is 2.41 bits per heavy atom. The fraction of sp³-hybridized carbons (Fsp3) is 0.182. The van der Waals surface area contributed by atoms with Crippen LogP contribution in [0.4, 0.5) is 0 Å². The third kappa shape index (κ3) is 3.14. The first-order valence-corrected chi connectivity index (χ1v) is 7.80. The van der Waals surface area contributed by atoms with Crippen LogP contribution in [0.15, 0.2) is 38.5 Å². The molecule has 0 fully saturated rings. The van der Waals surface area contributed by atoms with Crippen molar-refractivity contribution in [1.29, 1.82) is 0 Å². The number of hydrogen-bond acceptors (Lipinski definition) is 4. The summed E-state index contributed by atoms with van der Waals surface area (Å²) in [5.41, 5.74) is 0.761. The molecule has 0 radical (unpaired) electrons. The van der Waals surface area contributed by atoms with Gasteiger partial charge in [-0.05, 0) is 27.4 Å². The molecule has 0 aromatic carbocycles. The quantitative estimate of drug-likeness (QED) is 0.863. The van der Waals surface area contributed by atoms with E-state index < -0.39 is 10.8 Å². The number of thiophene rings is 1. The van der Waals surface area contributed by atoms with Gasteiger partial charge in [-0.15, -0.1) is 11.3 Å². The summed E-state index contributed by atoms with van der Waals surface area (Å²) in [7, 11) is 0.562. The van der Waals surface area contributed by atoms with Gasteiger partial charge in [0.2, 0.25) is 0 Å². The lowest BCUT2D eigenvalue weighted by molar-refractivity contribution is 0.411. The van der Waals surface area contributed by atoms with Crippen molar-refractivity contribution >= 4 is 38.1 Å². The van der Waals surface area contributed by atoms with Crippen LogP contribution in [0.1, 0.15) is 5.69 Å². The molecule has 0 aliphatic heterocycles. The molecule has 0 amide bonds. The minimum absolute atomic E-state index is 0.407. The summed E-state index contributed by atoms with van der Waals surface area (Å²) in [4.78, 5) is 4.22. The number of pyridine rings is 1. The van der Waals surface area contributed by atoms with Gasteiger partial charge in [0, 0.05) is 12.3 Å². The lowest BCUT2D eigenvalue weighted by Gasteiger charge is -2.05. The van der Waals surface area contributed by atoms with Gasteiger partial charge in [0.25, 0.3) is 0 Å². The van der Waals surface area contributed by atoms with Crippen molar-refractivity contribution in [3.05, 3.63) is 39.9 Å². The summed E-state index contributed by atoms with van der Waals surface area (Å²) in [6, 6.07) is 5.57. The van der Waals surface area contributed by atoms with Crippen LogP contribution in [0.2, 0.25) is 0 Å². The molecule has 2 heterocycles. The molecule has 2 aromatic heterocycles. The first-order chi connectivity index (χ1) is 8.20. The van der Waals surface area contributed by atoms with E-state index in [-0.39, 0.29) is 0 Å². The largest absolute Gasteiger partial charge is 0.495 e. The van der Waals surface area contributed by atoms with Crippen molar-refractivity contribution in [3.8, 4) is 5.75 Å². The predicted octanol–water partition coefficient (Wildman–Crippen LogP) is 3.22. The van der Waals surface area contributed by atoms with E-state index >= 15 is 0 Å². The second-order valence-electron chi connectivity index (χ2n) is 3.23. The maximum Gasteiger partial charge on any atom is 0.136 e. The minimum Gasteiger partial charge on any atom is -0.495 e. The van der Waals surface area contributed by atoms with Gasteiger partial charge in [-0.3, -0.25) is 9.19 Å². The zero-order valence-corrected chi connectivity index (χ0v) is 12.3. The minimum atomic E-state index is -1.03. The number of rotatable bonds is 4. The fourth-order valence-electron chi connectivity index (χ4n) is 1.29. The average molecular weight is 332 g/mol. The maximum absolute atomic E-state index is 12.0. The SMILES string of the molecule is COc1cc(CS(=O)c2cccs2)ncc1Br. The standard InChI is InChI=1S/C11H10BrNO2S2/c1-15-10-5-8(13-6-9(10)12)7-17(14)11-3-2-4-16-11/h2-6H,7H2,1H3. The predicted molar refractivity (Wildman–Crippen MR) is 72.9 cm³/mol. The van der Waals surface area contributed by atoms with Crippen molar-refractivity contribution in [2.45, 2.75) is 9.96 Å². The van der Waals surface area contributed by atoms with E-state index in [1.54, 1.807) is 19.4 Å². The van der Waals surface area contributed by atoms with Crippen LogP contribution in [-0.2, 0) is 16.6 Å². The molecule has 90 valence electrons. The summed E-state index contributed by atoms with van der Waals surface area (Å²) < 4.78 is 18.8. The van der Waals surface area contributed by atoms with Crippen molar-refractivity contribution in [1.82, 2.24) is 4.98 Å². The molecule has 1 atom stereocenters. The van der Waals surface area contributed by atoms with E-state index in [1.165, 1.54) is 11.3 Å². The first kappa shape index (κ1) is 12.7. The van der Waals surface area contributed by atoms with Crippen molar-refractivity contribution in [2.75, 3.05) is 7.11 Å². The van der Waals surface area contributed by atoms with E-state index in [2.05, 4.69) is 20.9 Å². The Labute approximate surface area is 114 Å². The summed E-state index contributed by atoms with van der Waals surface area (Å²) >= 11 is 4.83. The highest BCUT2D eigenvalue weighted by Crippen LogP contribution is 2.25. The number of methoxy groups -OCH3 is 1. The molecule has 0 saturated heterocycles. The monoisotopic (exact) mass is 331 g/mol. The zero-order chi connectivity index (χ0) is 12.3. The van der Waals surface area contributed by atoms with Gasteiger partial charge in [-0.2, -0.15) is 0 Å². The Morgan fingerprint density at radius 3 is 3.06 bits per heavy atom. The van der Waals surface area contributed by atoms with E-state index in [9.17, 15) is 4.21 Å².